The highest BCUT2D eigenvalue weighted by molar-refractivity contribution is 9.10. The second kappa shape index (κ2) is 6.23. The number of benzene rings is 1. The number of nitrogens with zero attached hydrogens (tertiary/aromatic N) is 1. The van der Waals surface area contributed by atoms with Gasteiger partial charge in [-0.05, 0) is 31.2 Å². The molecule has 0 spiro atoms. The molecule has 0 unspecified atom stereocenters. The zero-order valence-corrected chi connectivity index (χ0v) is 14.6. The highest BCUT2D eigenvalue weighted by Gasteiger charge is 2.38. The quantitative estimate of drug-likeness (QED) is 0.591. The van der Waals surface area contributed by atoms with Crippen LogP contribution in [-0.4, -0.2) is 30.9 Å². The maximum atomic E-state index is 12.4. The van der Waals surface area contributed by atoms with E-state index in [4.69, 9.17) is 0 Å². The molecule has 0 atom stereocenters. The van der Waals surface area contributed by atoms with Gasteiger partial charge in [0.15, 0.2) is 4.90 Å². The fourth-order valence-electron chi connectivity index (χ4n) is 2.18. The lowest BCUT2D eigenvalue weighted by Gasteiger charge is -2.40. The van der Waals surface area contributed by atoms with Crippen LogP contribution < -0.4 is 4.72 Å². The van der Waals surface area contributed by atoms with Crippen molar-refractivity contribution in [2.75, 3.05) is 12.8 Å². The normalized spacial score (nSPS) is 17.2. The molecule has 1 N–H and O–H groups in total. The number of sulfonamides is 1. The lowest BCUT2D eigenvalue weighted by Crippen LogP contribution is -2.45. The first-order valence-electron chi connectivity index (χ1n) is 6.28. The first-order chi connectivity index (χ1) is 9.80. The average molecular weight is 395 g/mol. The van der Waals surface area contributed by atoms with E-state index >= 15 is 0 Å². The van der Waals surface area contributed by atoms with E-state index in [9.17, 15) is 18.5 Å². The molecule has 6 nitrogen and oxygen atoms in total. The summed E-state index contributed by atoms with van der Waals surface area (Å²) in [7, 11) is -3.91. The van der Waals surface area contributed by atoms with E-state index < -0.39 is 20.6 Å². The third kappa shape index (κ3) is 3.58. The van der Waals surface area contributed by atoms with Crippen LogP contribution in [0.1, 0.15) is 19.3 Å². The molecule has 1 aromatic carbocycles. The van der Waals surface area contributed by atoms with Crippen LogP contribution in [0.15, 0.2) is 27.6 Å². The SMILES string of the molecule is CSC1(CNS(=O)(=O)c2cc(Br)ccc2[N+](=O)[O-])CCC1. The number of halogens is 1. The van der Waals surface area contributed by atoms with Crippen molar-refractivity contribution in [1.82, 2.24) is 4.72 Å². The van der Waals surface area contributed by atoms with Gasteiger partial charge >= 0.3 is 0 Å². The van der Waals surface area contributed by atoms with Crippen molar-refractivity contribution in [1.29, 1.82) is 0 Å². The van der Waals surface area contributed by atoms with Crippen molar-refractivity contribution in [3.8, 4) is 0 Å². The summed E-state index contributed by atoms with van der Waals surface area (Å²) in [6, 6.07) is 3.89. The lowest BCUT2D eigenvalue weighted by molar-refractivity contribution is -0.387. The fraction of sp³-hybridized carbons (Fsp3) is 0.500. The molecule has 1 saturated carbocycles. The van der Waals surface area contributed by atoms with E-state index in [1.807, 2.05) is 6.26 Å². The van der Waals surface area contributed by atoms with Crippen molar-refractivity contribution >= 4 is 43.4 Å². The highest BCUT2D eigenvalue weighted by atomic mass is 79.9. The van der Waals surface area contributed by atoms with Crippen LogP contribution in [0.5, 0.6) is 0 Å². The third-order valence-electron chi connectivity index (χ3n) is 3.69. The van der Waals surface area contributed by atoms with E-state index in [1.165, 1.54) is 18.2 Å². The van der Waals surface area contributed by atoms with Crippen LogP contribution in [0.4, 0.5) is 5.69 Å². The number of thioether (sulfide) groups is 1. The van der Waals surface area contributed by atoms with Crippen molar-refractivity contribution < 1.29 is 13.3 Å². The number of nitro groups is 1. The molecule has 0 aliphatic heterocycles. The van der Waals surface area contributed by atoms with Crippen LogP contribution in [0.3, 0.4) is 0 Å². The first-order valence-corrected chi connectivity index (χ1v) is 9.78. The second-order valence-electron chi connectivity index (χ2n) is 4.93. The molecule has 1 aliphatic rings. The van der Waals surface area contributed by atoms with E-state index in [1.54, 1.807) is 11.8 Å². The number of hydrogen-bond acceptors (Lipinski definition) is 5. The van der Waals surface area contributed by atoms with Gasteiger partial charge < -0.3 is 0 Å². The van der Waals surface area contributed by atoms with Gasteiger partial charge in [0, 0.05) is 21.8 Å². The van der Waals surface area contributed by atoms with Gasteiger partial charge in [-0.25, -0.2) is 13.1 Å². The molecule has 2 rings (SSSR count). The molecule has 1 fully saturated rings. The predicted molar refractivity (Wildman–Crippen MR) is 86.1 cm³/mol. The maximum Gasteiger partial charge on any atom is 0.289 e. The predicted octanol–water partition coefficient (Wildman–Crippen LogP) is 2.92. The Labute approximate surface area is 136 Å². The van der Waals surface area contributed by atoms with Crippen molar-refractivity contribution in [2.24, 2.45) is 0 Å². The monoisotopic (exact) mass is 394 g/mol. The van der Waals surface area contributed by atoms with E-state index in [0.717, 1.165) is 19.3 Å². The standard InChI is InChI=1S/C12H15BrN2O4S2/c1-20-12(5-2-6-12)8-14-21(18,19)11-7-9(13)3-4-10(11)15(16)17/h3-4,7,14H,2,5-6,8H2,1H3. The van der Waals surface area contributed by atoms with Gasteiger partial charge in [-0.15, -0.1) is 0 Å². The van der Waals surface area contributed by atoms with Crippen LogP contribution in [-0.2, 0) is 10.0 Å². The molecular weight excluding hydrogens is 380 g/mol. The topological polar surface area (TPSA) is 89.3 Å². The number of hydrogen-bond donors (Lipinski definition) is 1. The summed E-state index contributed by atoms with van der Waals surface area (Å²) in [6.07, 6.45) is 4.95. The van der Waals surface area contributed by atoms with Crippen LogP contribution in [0.25, 0.3) is 0 Å². The highest BCUT2D eigenvalue weighted by Crippen LogP contribution is 2.42. The van der Waals surface area contributed by atoms with Gasteiger partial charge in [-0.2, -0.15) is 11.8 Å². The zero-order chi connectivity index (χ0) is 15.7. The van der Waals surface area contributed by atoms with E-state index in [-0.39, 0.29) is 9.64 Å². The second-order valence-corrected chi connectivity index (χ2v) is 8.86. The lowest BCUT2D eigenvalue weighted by atomic mass is 9.84. The average Bonchev–Trinajstić information content (AvgIpc) is 2.37. The Balaban J connectivity index is 2.27. The summed E-state index contributed by atoms with van der Waals surface area (Å²) >= 11 is 4.79. The summed E-state index contributed by atoms with van der Waals surface area (Å²) in [5, 5.41) is 11.0. The van der Waals surface area contributed by atoms with Crippen molar-refractivity contribution in [2.45, 2.75) is 28.9 Å². The summed E-state index contributed by atoms with van der Waals surface area (Å²) in [5.74, 6) is 0. The van der Waals surface area contributed by atoms with Gasteiger partial charge in [0.05, 0.1) is 4.92 Å². The van der Waals surface area contributed by atoms with Crippen LogP contribution in [0, 0.1) is 10.1 Å². The Kier molecular flexibility index (Phi) is 4.96. The van der Waals surface area contributed by atoms with Gasteiger partial charge in [-0.1, -0.05) is 22.4 Å². The van der Waals surface area contributed by atoms with Crippen LogP contribution >= 0.6 is 27.7 Å². The minimum Gasteiger partial charge on any atom is -0.258 e. The maximum absolute atomic E-state index is 12.4. The minimum atomic E-state index is -3.91. The van der Waals surface area contributed by atoms with Gasteiger partial charge in [-0.3, -0.25) is 10.1 Å². The summed E-state index contributed by atoms with van der Waals surface area (Å²) in [4.78, 5) is 10.0. The van der Waals surface area contributed by atoms with Gasteiger partial charge in [0.25, 0.3) is 5.69 Å². The number of rotatable bonds is 6. The Morgan fingerprint density at radius 1 is 1.48 bits per heavy atom. The van der Waals surface area contributed by atoms with E-state index in [2.05, 4.69) is 20.7 Å². The van der Waals surface area contributed by atoms with Crippen LogP contribution in [0.2, 0.25) is 0 Å². The molecule has 0 aromatic heterocycles. The molecular formula is C12H15BrN2O4S2. The molecule has 0 heterocycles. The molecule has 1 aromatic rings. The molecule has 0 saturated heterocycles. The fourth-order valence-corrected chi connectivity index (χ4v) is 5.02. The molecule has 0 radical (unpaired) electrons. The third-order valence-corrected chi connectivity index (χ3v) is 7.03. The Hall–Kier alpha value is -0.640. The summed E-state index contributed by atoms with van der Waals surface area (Å²) in [6.45, 7) is 0.292. The largest absolute Gasteiger partial charge is 0.289 e. The molecule has 0 amide bonds. The molecule has 21 heavy (non-hydrogen) atoms. The molecule has 0 bridgehead atoms. The molecule has 1 aliphatic carbocycles. The van der Waals surface area contributed by atoms with Crippen molar-refractivity contribution in [3.63, 3.8) is 0 Å². The smallest absolute Gasteiger partial charge is 0.258 e. The first kappa shape index (κ1) is 16.7. The number of nitro benzene ring substituents is 1. The molecule has 116 valence electrons. The Morgan fingerprint density at radius 2 is 2.14 bits per heavy atom. The van der Waals surface area contributed by atoms with Gasteiger partial charge in [0.2, 0.25) is 10.0 Å². The van der Waals surface area contributed by atoms with Gasteiger partial charge in [0.1, 0.15) is 0 Å². The Bertz CT molecular complexity index is 654. The number of nitrogens with one attached hydrogen (secondary N) is 1. The van der Waals surface area contributed by atoms with Crippen molar-refractivity contribution in [3.05, 3.63) is 32.8 Å². The summed E-state index contributed by atoms with van der Waals surface area (Å²) in [5.41, 5.74) is -0.419. The Morgan fingerprint density at radius 3 is 2.62 bits per heavy atom. The molecule has 9 heteroatoms. The zero-order valence-electron chi connectivity index (χ0n) is 11.3. The summed E-state index contributed by atoms with van der Waals surface area (Å²) < 4.78 is 27.7. The van der Waals surface area contributed by atoms with E-state index in [0.29, 0.717) is 11.0 Å². The minimum absolute atomic E-state index is 0.0755.